The van der Waals surface area contributed by atoms with Crippen LogP contribution in [0.5, 0.6) is 0 Å². The molecule has 0 aliphatic rings. The van der Waals surface area contributed by atoms with Crippen molar-refractivity contribution in [3.63, 3.8) is 0 Å². The first kappa shape index (κ1) is 13.9. The van der Waals surface area contributed by atoms with Crippen molar-refractivity contribution in [3.05, 3.63) is 0 Å². The number of methoxy groups -OCH3 is 1. The molecule has 0 aromatic carbocycles. The van der Waals surface area contributed by atoms with Crippen LogP contribution >= 0.6 is 0 Å². The summed E-state index contributed by atoms with van der Waals surface area (Å²) in [5.74, 6) is 0. The summed E-state index contributed by atoms with van der Waals surface area (Å²) in [6.45, 7) is 8.22. The van der Waals surface area contributed by atoms with Gasteiger partial charge in [-0.3, -0.25) is 0 Å². The Labute approximate surface area is 88.6 Å². The molecule has 0 aliphatic carbocycles. The van der Waals surface area contributed by atoms with Crippen molar-refractivity contribution in [1.82, 2.24) is 4.90 Å². The van der Waals surface area contributed by atoms with E-state index in [-0.39, 0.29) is 5.41 Å². The highest BCUT2D eigenvalue weighted by molar-refractivity contribution is 4.76. The van der Waals surface area contributed by atoms with E-state index in [0.29, 0.717) is 0 Å². The highest BCUT2D eigenvalue weighted by atomic mass is 16.5. The molecule has 0 radical (unpaired) electrons. The molecule has 0 fully saturated rings. The van der Waals surface area contributed by atoms with E-state index in [1.165, 1.54) is 0 Å². The van der Waals surface area contributed by atoms with Crippen LogP contribution in [0.4, 0.5) is 0 Å². The van der Waals surface area contributed by atoms with Crippen molar-refractivity contribution in [2.24, 2.45) is 11.1 Å². The molecule has 0 saturated heterocycles. The zero-order chi connectivity index (χ0) is 11.0. The Hall–Kier alpha value is -0.120. The SMILES string of the molecule is CCC(C)(CN)CN(C)CCCOC. The average Bonchev–Trinajstić information content (AvgIpc) is 2.18. The van der Waals surface area contributed by atoms with Gasteiger partial charge >= 0.3 is 0 Å². The summed E-state index contributed by atoms with van der Waals surface area (Å²) in [6.07, 6.45) is 2.23. The highest BCUT2D eigenvalue weighted by Crippen LogP contribution is 2.19. The van der Waals surface area contributed by atoms with Crippen molar-refractivity contribution < 1.29 is 4.74 Å². The van der Waals surface area contributed by atoms with Gasteiger partial charge in [0.1, 0.15) is 0 Å². The van der Waals surface area contributed by atoms with Crippen LogP contribution < -0.4 is 5.73 Å². The molecule has 0 bridgehead atoms. The first-order valence-electron chi connectivity index (χ1n) is 5.45. The predicted molar refractivity (Wildman–Crippen MR) is 61.4 cm³/mol. The fourth-order valence-electron chi connectivity index (χ4n) is 1.53. The van der Waals surface area contributed by atoms with Gasteiger partial charge in [0.05, 0.1) is 0 Å². The average molecular weight is 202 g/mol. The molecule has 3 heteroatoms. The second-order valence-corrected chi connectivity index (χ2v) is 4.45. The maximum Gasteiger partial charge on any atom is 0.0474 e. The lowest BCUT2D eigenvalue weighted by molar-refractivity contribution is 0.154. The minimum Gasteiger partial charge on any atom is -0.385 e. The first-order chi connectivity index (χ1) is 6.58. The van der Waals surface area contributed by atoms with Crippen LogP contribution in [0.15, 0.2) is 0 Å². The summed E-state index contributed by atoms with van der Waals surface area (Å²) in [4.78, 5) is 2.34. The van der Waals surface area contributed by atoms with Crippen molar-refractivity contribution in [2.75, 3.05) is 40.4 Å². The van der Waals surface area contributed by atoms with Crippen LogP contribution in [0.2, 0.25) is 0 Å². The molecule has 1 atom stereocenters. The molecule has 0 heterocycles. The van der Waals surface area contributed by atoms with E-state index in [1.807, 2.05) is 0 Å². The van der Waals surface area contributed by atoms with Crippen molar-refractivity contribution in [3.8, 4) is 0 Å². The van der Waals surface area contributed by atoms with E-state index in [2.05, 4.69) is 25.8 Å². The van der Waals surface area contributed by atoms with Crippen LogP contribution in [0.3, 0.4) is 0 Å². The third-order valence-corrected chi connectivity index (χ3v) is 2.89. The second kappa shape index (κ2) is 7.21. The van der Waals surface area contributed by atoms with Crippen LogP contribution in [0, 0.1) is 5.41 Å². The molecule has 2 N–H and O–H groups in total. The van der Waals surface area contributed by atoms with Crippen molar-refractivity contribution in [2.45, 2.75) is 26.7 Å². The van der Waals surface area contributed by atoms with E-state index in [0.717, 1.165) is 39.1 Å². The molecular formula is C11H26N2O. The fourth-order valence-corrected chi connectivity index (χ4v) is 1.53. The molecule has 0 aromatic rings. The smallest absolute Gasteiger partial charge is 0.0474 e. The lowest BCUT2D eigenvalue weighted by Crippen LogP contribution is -2.39. The summed E-state index contributed by atoms with van der Waals surface area (Å²) < 4.78 is 5.02. The Morgan fingerprint density at radius 2 is 2.07 bits per heavy atom. The predicted octanol–water partition coefficient (Wildman–Crippen LogP) is 1.33. The van der Waals surface area contributed by atoms with Gasteiger partial charge in [-0.2, -0.15) is 0 Å². The van der Waals surface area contributed by atoms with Crippen molar-refractivity contribution >= 4 is 0 Å². The van der Waals surface area contributed by atoms with Gasteiger partial charge in [-0.1, -0.05) is 13.8 Å². The third-order valence-electron chi connectivity index (χ3n) is 2.89. The largest absolute Gasteiger partial charge is 0.385 e. The van der Waals surface area contributed by atoms with Gasteiger partial charge in [-0.05, 0) is 31.8 Å². The van der Waals surface area contributed by atoms with E-state index < -0.39 is 0 Å². The molecule has 0 saturated carbocycles. The standard InChI is InChI=1S/C11H26N2O/c1-5-11(2,9-12)10-13(3)7-6-8-14-4/h5-10,12H2,1-4H3. The molecule has 0 amide bonds. The van der Waals surface area contributed by atoms with Crippen LogP contribution in [0.1, 0.15) is 26.7 Å². The normalized spacial score (nSPS) is 15.9. The zero-order valence-electron chi connectivity index (χ0n) is 10.2. The second-order valence-electron chi connectivity index (χ2n) is 4.45. The number of hydrogen-bond acceptors (Lipinski definition) is 3. The molecular weight excluding hydrogens is 176 g/mol. The lowest BCUT2D eigenvalue weighted by Gasteiger charge is -2.31. The first-order valence-corrected chi connectivity index (χ1v) is 5.45. The number of nitrogens with zero attached hydrogens (tertiary/aromatic N) is 1. The molecule has 86 valence electrons. The van der Waals surface area contributed by atoms with Crippen LogP contribution in [-0.2, 0) is 4.74 Å². The van der Waals surface area contributed by atoms with E-state index >= 15 is 0 Å². The molecule has 0 aromatic heterocycles. The molecule has 3 nitrogen and oxygen atoms in total. The minimum absolute atomic E-state index is 0.266. The third kappa shape index (κ3) is 5.58. The zero-order valence-corrected chi connectivity index (χ0v) is 10.2. The van der Waals surface area contributed by atoms with Gasteiger partial charge in [0.15, 0.2) is 0 Å². The molecule has 1 unspecified atom stereocenters. The van der Waals surface area contributed by atoms with Gasteiger partial charge in [0.25, 0.3) is 0 Å². The maximum atomic E-state index is 5.77. The van der Waals surface area contributed by atoms with E-state index in [1.54, 1.807) is 7.11 Å². The summed E-state index contributed by atoms with van der Waals surface area (Å²) in [7, 11) is 3.90. The highest BCUT2D eigenvalue weighted by Gasteiger charge is 2.21. The molecule has 0 aliphatic heterocycles. The van der Waals surface area contributed by atoms with Gasteiger partial charge in [-0.15, -0.1) is 0 Å². The Balaban J connectivity index is 3.73. The van der Waals surface area contributed by atoms with Crippen LogP contribution in [-0.4, -0.2) is 45.3 Å². The maximum absolute atomic E-state index is 5.77. The lowest BCUT2D eigenvalue weighted by atomic mass is 9.87. The van der Waals surface area contributed by atoms with Gasteiger partial charge < -0.3 is 15.4 Å². The fraction of sp³-hybridized carbons (Fsp3) is 1.00. The van der Waals surface area contributed by atoms with Gasteiger partial charge in [-0.25, -0.2) is 0 Å². The van der Waals surface area contributed by atoms with Crippen molar-refractivity contribution in [1.29, 1.82) is 0 Å². The summed E-state index contributed by atoms with van der Waals surface area (Å²) in [5.41, 5.74) is 6.04. The number of ether oxygens (including phenoxy) is 1. The number of hydrogen-bond donors (Lipinski definition) is 1. The quantitative estimate of drug-likeness (QED) is 0.604. The Bertz CT molecular complexity index is 135. The summed E-state index contributed by atoms with van der Waals surface area (Å²) in [5, 5.41) is 0. The van der Waals surface area contributed by atoms with Crippen LogP contribution in [0.25, 0.3) is 0 Å². The number of rotatable bonds is 8. The molecule has 0 rings (SSSR count). The number of nitrogens with two attached hydrogens (primary N) is 1. The summed E-state index contributed by atoms with van der Waals surface area (Å²) >= 11 is 0. The Morgan fingerprint density at radius 3 is 2.50 bits per heavy atom. The Kier molecular flexibility index (Phi) is 7.15. The minimum atomic E-state index is 0.266. The van der Waals surface area contributed by atoms with Gasteiger partial charge in [0, 0.05) is 26.8 Å². The Morgan fingerprint density at radius 1 is 1.43 bits per heavy atom. The molecule has 0 spiro atoms. The van der Waals surface area contributed by atoms with E-state index in [4.69, 9.17) is 10.5 Å². The van der Waals surface area contributed by atoms with Gasteiger partial charge in [0.2, 0.25) is 0 Å². The monoisotopic (exact) mass is 202 g/mol. The summed E-state index contributed by atoms with van der Waals surface area (Å²) in [6, 6.07) is 0. The van der Waals surface area contributed by atoms with E-state index in [9.17, 15) is 0 Å². The topological polar surface area (TPSA) is 38.5 Å². The molecule has 14 heavy (non-hydrogen) atoms.